The molecule has 1 amide bonds. The number of rotatable bonds is 8. The molecule has 0 aromatic heterocycles. The zero-order chi connectivity index (χ0) is 19.8. The molecule has 0 aliphatic carbocycles. The van der Waals surface area contributed by atoms with E-state index in [1.807, 2.05) is 30.3 Å². The van der Waals surface area contributed by atoms with Crippen molar-refractivity contribution in [2.75, 3.05) is 38.1 Å². The summed E-state index contributed by atoms with van der Waals surface area (Å²) in [5.41, 5.74) is 2.28. The summed E-state index contributed by atoms with van der Waals surface area (Å²) in [6.07, 6.45) is 2.88. The predicted molar refractivity (Wildman–Crippen MR) is 112 cm³/mol. The van der Waals surface area contributed by atoms with Crippen LogP contribution in [0.15, 0.2) is 54.6 Å². The highest BCUT2D eigenvalue weighted by Gasteiger charge is 2.25. The fourth-order valence-corrected chi connectivity index (χ4v) is 3.74. The van der Waals surface area contributed by atoms with Gasteiger partial charge in [0.2, 0.25) is 5.91 Å². The number of piperidine rings is 1. The van der Waals surface area contributed by atoms with Gasteiger partial charge in [-0.1, -0.05) is 30.3 Å². The SMILES string of the molecule is CN(CCCNC(=O)[C@@H]1CCCN(Cc2ccc(F)cc2)C1)c1ccccc1. The van der Waals surface area contributed by atoms with Crippen molar-refractivity contribution in [2.45, 2.75) is 25.8 Å². The Morgan fingerprint density at radius 3 is 2.68 bits per heavy atom. The summed E-state index contributed by atoms with van der Waals surface area (Å²) in [6, 6.07) is 16.9. The lowest BCUT2D eigenvalue weighted by Gasteiger charge is -2.32. The van der Waals surface area contributed by atoms with E-state index in [9.17, 15) is 9.18 Å². The fourth-order valence-electron chi connectivity index (χ4n) is 3.74. The van der Waals surface area contributed by atoms with Crippen LogP contribution in [0.5, 0.6) is 0 Å². The van der Waals surface area contributed by atoms with Crippen LogP contribution in [0, 0.1) is 11.7 Å². The lowest BCUT2D eigenvalue weighted by molar-refractivity contribution is -0.126. The number of likely N-dealkylation sites (tertiary alicyclic amines) is 1. The molecule has 1 fully saturated rings. The van der Waals surface area contributed by atoms with Crippen molar-refractivity contribution < 1.29 is 9.18 Å². The molecule has 4 nitrogen and oxygen atoms in total. The molecule has 3 rings (SSSR count). The molecule has 1 atom stereocenters. The van der Waals surface area contributed by atoms with Crippen LogP contribution in [0.1, 0.15) is 24.8 Å². The van der Waals surface area contributed by atoms with E-state index in [4.69, 9.17) is 0 Å². The monoisotopic (exact) mass is 383 g/mol. The highest BCUT2D eigenvalue weighted by Crippen LogP contribution is 2.19. The van der Waals surface area contributed by atoms with Crippen LogP contribution in [-0.4, -0.2) is 44.0 Å². The normalized spacial score (nSPS) is 17.3. The molecule has 0 unspecified atom stereocenters. The van der Waals surface area contributed by atoms with Crippen LogP contribution < -0.4 is 10.2 Å². The van der Waals surface area contributed by atoms with E-state index in [1.165, 1.54) is 17.8 Å². The van der Waals surface area contributed by atoms with Gasteiger partial charge in [0.25, 0.3) is 0 Å². The molecule has 1 aliphatic rings. The number of anilines is 1. The van der Waals surface area contributed by atoms with E-state index < -0.39 is 0 Å². The van der Waals surface area contributed by atoms with Crippen molar-refractivity contribution in [1.82, 2.24) is 10.2 Å². The Morgan fingerprint density at radius 1 is 1.18 bits per heavy atom. The van der Waals surface area contributed by atoms with Crippen LogP contribution >= 0.6 is 0 Å². The Hall–Kier alpha value is -2.40. The zero-order valence-electron chi connectivity index (χ0n) is 16.6. The number of nitrogens with one attached hydrogen (secondary N) is 1. The smallest absolute Gasteiger partial charge is 0.224 e. The topological polar surface area (TPSA) is 35.6 Å². The first-order chi connectivity index (χ1) is 13.6. The molecule has 5 heteroatoms. The highest BCUT2D eigenvalue weighted by molar-refractivity contribution is 5.78. The van der Waals surface area contributed by atoms with Gasteiger partial charge in [0.1, 0.15) is 5.82 Å². The van der Waals surface area contributed by atoms with E-state index >= 15 is 0 Å². The number of halogens is 1. The first-order valence-corrected chi connectivity index (χ1v) is 10.1. The number of carbonyl (C=O) groups excluding carboxylic acids is 1. The van der Waals surface area contributed by atoms with Gasteiger partial charge in [0.15, 0.2) is 0 Å². The Kier molecular flexibility index (Phi) is 7.43. The van der Waals surface area contributed by atoms with Crippen molar-refractivity contribution >= 4 is 11.6 Å². The summed E-state index contributed by atoms with van der Waals surface area (Å²) in [5.74, 6) is -0.00946. The molecule has 1 aliphatic heterocycles. The quantitative estimate of drug-likeness (QED) is 0.707. The Balaban J connectivity index is 1.38. The van der Waals surface area contributed by atoms with Gasteiger partial charge in [0, 0.05) is 38.9 Å². The maximum absolute atomic E-state index is 13.1. The number of benzene rings is 2. The van der Waals surface area contributed by atoms with Gasteiger partial charge in [-0.3, -0.25) is 9.69 Å². The van der Waals surface area contributed by atoms with Gasteiger partial charge in [0.05, 0.1) is 5.92 Å². The number of amides is 1. The highest BCUT2D eigenvalue weighted by atomic mass is 19.1. The van der Waals surface area contributed by atoms with Crippen LogP contribution in [0.2, 0.25) is 0 Å². The summed E-state index contributed by atoms with van der Waals surface area (Å²) >= 11 is 0. The molecule has 0 spiro atoms. The third kappa shape index (κ3) is 6.06. The van der Waals surface area contributed by atoms with Crippen molar-refractivity contribution in [3.63, 3.8) is 0 Å². The molecular weight excluding hydrogens is 353 g/mol. The standard InChI is InChI=1S/C23H30FN3O/c1-26(22-8-3-2-4-9-22)15-6-14-25-23(28)20-7-5-16-27(18-20)17-19-10-12-21(24)13-11-19/h2-4,8-13,20H,5-7,14-18H2,1H3,(H,25,28)/t20-/m1/s1. The predicted octanol–water partition coefficient (Wildman–Crippen LogP) is 3.68. The third-order valence-electron chi connectivity index (χ3n) is 5.36. The number of nitrogens with zero attached hydrogens (tertiary/aromatic N) is 2. The molecule has 1 heterocycles. The first-order valence-electron chi connectivity index (χ1n) is 10.1. The maximum atomic E-state index is 13.1. The minimum Gasteiger partial charge on any atom is -0.375 e. The van der Waals surface area contributed by atoms with Crippen LogP contribution in [0.25, 0.3) is 0 Å². The van der Waals surface area contributed by atoms with E-state index in [0.717, 1.165) is 51.0 Å². The molecule has 2 aromatic rings. The van der Waals surface area contributed by atoms with Crippen molar-refractivity contribution in [3.05, 3.63) is 66.0 Å². The van der Waals surface area contributed by atoms with Gasteiger partial charge in [-0.05, 0) is 55.6 Å². The van der Waals surface area contributed by atoms with E-state index in [-0.39, 0.29) is 17.6 Å². The average molecular weight is 384 g/mol. The van der Waals surface area contributed by atoms with Crippen molar-refractivity contribution in [2.24, 2.45) is 5.92 Å². The van der Waals surface area contributed by atoms with Gasteiger partial charge in [-0.2, -0.15) is 0 Å². The molecule has 1 saturated heterocycles. The lowest BCUT2D eigenvalue weighted by Crippen LogP contribution is -2.43. The largest absolute Gasteiger partial charge is 0.375 e. The number of para-hydroxylation sites is 1. The van der Waals surface area contributed by atoms with Crippen molar-refractivity contribution in [1.29, 1.82) is 0 Å². The molecule has 1 N–H and O–H groups in total. The molecule has 0 bridgehead atoms. The van der Waals surface area contributed by atoms with Gasteiger partial charge in [-0.15, -0.1) is 0 Å². The minimum absolute atomic E-state index is 0.0426. The second kappa shape index (κ2) is 10.2. The molecule has 0 radical (unpaired) electrons. The number of carbonyl (C=O) groups is 1. The van der Waals surface area contributed by atoms with Gasteiger partial charge < -0.3 is 10.2 Å². The summed E-state index contributed by atoms with van der Waals surface area (Å²) in [5, 5.41) is 3.11. The summed E-state index contributed by atoms with van der Waals surface area (Å²) in [7, 11) is 2.08. The fraction of sp³-hybridized carbons (Fsp3) is 0.435. The Bertz CT molecular complexity index is 735. The molecule has 2 aromatic carbocycles. The van der Waals surface area contributed by atoms with Crippen LogP contribution in [0.3, 0.4) is 0 Å². The van der Waals surface area contributed by atoms with Crippen LogP contribution in [0.4, 0.5) is 10.1 Å². The van der Waals surface area contributed by atoms with Gasteiger partial charge >= 0.3 is 0 Å². The van der Waals surface area contributed by atoms with E-state index in [0.29, 0.717) is 6.54 Å². The average Bonchev–Trinajstić information content (AvgIpc) is 2.73. The van der Waals surface area contributed by atoms with E-state index in [2.05, 4.69) is 34.3 Å². The number of hydrogen-bond donors (Lipinski definition) is 1. The first kappa shape index (κ1) is 20.3. The second-order valence-corrected chi connectivity index (χ2v) is 7.60. The number of hydrogen-bond acceptors (Lipinski definition) is 3. The zero-order valence-corrected chi connectivity index (χ0v) is 16.6. The maximum Gasteiger partial charge on any atom is 0.224 e. The second-order valence-electron chi connectivity index (χ2n) is 7.60. The molecule has 0 saturated carbocycles. The van der Waals surface area contributed by atoms with Crippen molar-refractivity contribution in [3.8, 4) is 0 Å². The molecule has 28 heavy (non-hydrogen) atoms. The third-order valence-corrected chi connectivity index (χ3v) is 5.36. The lowest BCUT2D eigenvalue weighted by atomic mass is 9.96. The molecular formula is C23H30FN3O. The summed E-state index contributed by atoms with van der Waals surface area (Å²) in [4.78, 5) is 17.1. The Morgan fingerprint density at radius 2 is 1.93 bits per heavy atom. The minimum atomic E-state index is -0.211. The van der Waals surface area contributed by atoms with Crippen LogP contribution in [-0.2, 0) is 11.3 Å². The summed E-state index contributed by atoms with van der Waals surface area (Å²) in [6.45, 7) is 4.14. The molecule has 150 valence electrons. The van der Waals surface area contributed by atoms with Gasteiger partial charge in [-0.25, -0.2) is 4.39 Å². The Labute approximate surface area is 167 Å². The van der Waals surface area contributed by atoms with E-state index in [1.54, 1.807) is 0 Å². The summed E-state index contributed by atoms with van der Waals surface area (Å²) < 4.78 is 13.1.